The summed E-state index contributed by atoms with van der Waals surface area (Å²) < 4.78 is 0. The Morgan fingerprint density at radius 2 is 2.05 bits per heavy atom. The van der Waals surface area contributed by atoms with Gasteiger partial charge < -0.3 is 10.6 Å². The minimum Gasteiger partial charge on any atom is -0.347 e. The molecule has 5 nitrogen and oxygen atoms in total. The van der Waals surface area contributed by atoms with Crippen LogP contribution in [0, 0.1) is 5.92 Å². The van der Waals surface area contributed by atoms with Gasteiger partial charge in [0.2, 0.25) is 0 Å². The van der Waals surface area contributed by atoms with E-state index >= 15 is 0 Å². The zero-order chi connectivity index (χ0) is 15.1. The fourth-order valence-electron chi connectivity index (χ4n) is 2.70. The average molecular weight is 289 g/mol. The predicted molar refractivity (Wildman–Crippen MR) is 80.5 cm³/mol. The first kappa shape index (κ1) is 15.5. The van der Waals surface area contributed by atoms with Crippen LogP contribution in [0.15, 0.2) is 24.4 Å². The summed E-state index contributed by atoms with van der Waals surface area (Å²) in [5.41, 5.74) is 0.902. The predicted octanol–water partition coefficient (Wildman–Crippen LogP) is 1.44. The van der Waals surface area contributed by atoms with E-state index in [0.717, 1.165) is 25.0 Å². The Balaban J connectivity index is 1.71. The van der Waals surface area contributed by atoms with Crippen molar-refractivity contribution in [3.05, 3.63) is 30.1 Å². The van der Waals surface area contributed by atoms with Crippen LogP contribution in [0.3, 0.4) is 0 Å². The summed E-state index contributed by atoms with van der Waals surface area (Å²) in [5, 5.41) is 5.49. The summed E-state index contributed by atoms with van der Waals surface area (Å²) >= 11 is 0. The van der Waals surface area contributed by atoms with E-state index in [1.165, 1.54) is 6.42 Å². The fraction of sp³-hybridized carbons (Fsp3) is 0.562. The van der Waals surface area contributed by atoms with Gasteiger partial charge in [-0.2, -0.15) is 0 Å². The Kier molecular flexibility index (Phi) is 5.72. The van der Waals surface area contributed by atoms with Crippen molar-refractivity contribution in [1.29, 1.82) is 0 Å². The largest absolute Gasteiger partial charge is 0.347 e. The molecule has 2 rings (SSSR count). The number of nitrogens with zero attached hydrogens (tertiary/aromatic N) is 1. The highest BCUT2D eigenvalue weighted by molar-refractivity contribution is 6.35. The van der Waals surface area contributed by atoms with Crippen LogP contribution in [-0.4, -0.2) is 29.4 Å². The molecular formula is C16H23N3O2. The van der Waals surface area contributed by atoms with Gasteiger partial charge in [-0.1, -0.05) is 25.8 Å². The number of carbonyl (C=O) groups excluding carboxylic acids is 2. The van der Waals surface area contributed by atoms with Crippen LogP contribution in [0.4, 0.5) is 0 Å². The van der Waals surface area contributed by atoms with E-state index in [9.17, 15) is 9.59 Å². The topological polar surface area (TPSA) is 71.1 Å². The van der Waals surface area contributed by atoms with Gasteiger partial charge in [-0.05, 0) is 30.9 Å². The molecule has 2 amide bonds. The molecule has 0 aromatic carbocycles. The van der Waals surface area contributed by atoms with E-state index in [1.54, 1.807) is 6.20 Å². The Morgan fingerprint density at radius 3 is 2.76 bits per heavy atom. The molecule has 0 radical (unpaired) electrons. The highest BCUT2D eigenvalue weighted by Crippen LogP contribution is 2.23. The number of amides is 2. The lowest BCUT2D eigenvalue weighted by molar-refractivity contribution is -0.139. The quantitative estimate of drug-likeness (QED) is 0.824. The van der Waals surface area contributed by atoms with Gasteiger partial charge in [0.25, 0.3) is 0 Å². The van der Waals surface area contributed by atoms with Gasteiger partial charge >= 0.3 is 11.8 Å². The maximum atomic E-state index is 11.9. The Labute approximate surface area is 125 Å². The van der Waals surface area contributed by atoms with Gasteiger partial charge in [0.15, 0.2) is 0 Å². The van der Waals surface area contributed by atoms with Gasteiger partial charge in [-0.3, -0.25) is 14.6 Å². The second kappa shape index (κ2) is 7.76. The van der Waals surface area contributed by atoms with Crippen LogP contribution >= 0.6 is 0 Å². The second-order valence-corrected chi connectivity index (χ2v) is 5.67. The first-order chi connectivity index (χ1) is 10.2. The van der Waals surface area contributed by atoms with Crippen LogP contribution in [0.1, 0.15) is 38.3 Å². The van der Waals surface area contributed by atoms with E-state index < -0.39 is 11.8 Å². The van der Waals surface area contributed by atoms with E-state index in [0.29, 0.717) is 18.9 Å². The fourth-order valence-corrected chi connectivity index (χ4v) is 2.70. The lowest BCUT2D eigenvalue weighted by Crippen LogP contribution is -2.48. The van der Waals surface area contributed by atoms with Crippen molar-refractivity contribution in [2.75, 3.05) is 6.54 Å². The zero-order valence-corrected chi connectivity index (χ0v) is 12.5. The van der Waals surface area contributed by atoms with Gasteiger partial charge in [-0.25, -0.2) is 0 Å². The van der Waals surface area contributed by atoms with Gasteiger partial charge in [0.05, 0.1) is 0 Å². The molecule has 0 unspecified atom stereocenters. The third-order valence-corrected chi connectivity index (χ3v) is 4.03. The van der Waals surface area contributed by atoms with Gasteiger partial charge in [0, 0.05) is 30.9 Å². The van der Waals surface area contributed by atoms with Crippen LogP contribution in [0.2, 0.25) is 0 Å². The maximum Gasteiger partial charge on any atom is 0.309 e. The lowest BCUT2D eigenvalue weighted by atomic mass is 9.86. The summed E-state index contributed by atoms with van der Waals surface area (Å²) in [6.07, 6.45) is 6.76. The molecule has 1 aromatic heterocycles. The minimum atomic E-state index is -0.552. The molecule has 0 spiro atoms. The molecule has 2 N–H and O–H groups in total. The molecule has 1 heterocycles. The third-order valence-electron chi connectivity index (χ3n) is 4.03. The van der Waals surface area contributed by atoms with Crippen molar-refractivity contribution in [1.82, 2.24) is 15.6 Å². The van der Waals surface area contributed by atoms with Crippen molar-refractivity contribution in [2.24, 2.45) is 5.92 Å². The van der Waals surface area contributed by atoms with Crippen LogP contribution < -0.4 is 10.6 Å². The van der Waals surface area contributed by atoms with E-state index in [1.807, 2.05) is 18.2 Å². The van der Waals surface area contributed by atoms with Crippen molar-refractivity contribution >= 4 is 11.8 Å². The molecule has 5 heteroatoms. The Bertz CT molecular complexity index is 476. The molecule has 0 bridgehead atoms. The average Bonchev–Trinajstić information content (AvgIpc) is 2.50. The summed E-state index contributed by atoms with van der Waals surface area (Å²) in [5.74, 6) is -0.623. The highest BCUT2D eigenvalue weighted by atomic mass is 16.2. The van der Waals surface area contributed by atoms with Gasteiger partial charge in [-0.15, -0.1) is 0 Å². The molecule has 1 aliphatic carbocycles. The molecular weight excluding hydrogens is 266 g/mol. The zero-order valence-electron chi connectivity index (χ0n) is 12.5. The summed E-state index contributed by atoms with van der Waals surface area (Å²) in [7, 11) is 0. The van der Waals surface area contributed by atoms with Crippen LogP contribution in [0.5, 0.6) is 0 Å². The van der Waals surface area contributed by atoms with E-state index in [4.69, 9.17) is 0 Å². The highest BCUT2D eigenvalue weighted by Gasteiger charge is 2.25. The van der Waals surface area contributed by atoms with Crippen molar-refractivity contribution in [2.45, 2.75) is 45.1 Å². The molecule has 1 aromatic rings. The molecule has 0 saturated heterocycles. The Morgan fingerprint density at radius 1 is 1.24 bits per heavy atom. The first-order valence-electron chi connectivity index (χ1n) is 7.65. The summed E-state index contributed by atoms with van der Waals surface area (Å²) in [4.78, 5) is 27.8. The SMILES string of the molecule is C[C@H]1CCCC[C@H]1NC(=O)C(=O)NCCc1ccccn1. The Hall–Kier alpha value is -1.91. The summed E-state index contributed by atoms with van der Waals surface area (Å²) in [6.45, 7) is 2.55. The standard InChI is InChI=1S/C16H23N3O2/c1-12-6-2-3-8-14(12)19-16(21)15(20)18-11-9-13-7-4-5-10-17-13/h4-5,7,10,12,14H,2-3,6,8-9,11H2,1H3,(H,18,20)(H,19,21)/t12-,14+/m0/s1. The van der Waals surface area contributed by atoms with Crippen LogP contribution in [0.25, 0.3) is 0 Å². The lowest BCUT2D eigenvalue weighted by Gasteiger charge is -2.29. The third kappa shape index (κ3) is 4.85. The summed E-state index contributed by atoms with van der Waals surface area (Å²) in [6, 6.07) is 5.78. The number of hydrogen-bond acceptors (Lipinski definition) is 3. The smallest absolute Gasteiger partial charge is 0.309 e. The molecule has 1 fully saturated rings. The maximum absolute atomic E-state index is 11.9. The number of hydrogen-bond donors (Lipinski definition) is 2. The molecule has 21 heavy (non-hydrogen) atoms. The number of rotatable bonds is 4. The number of carbonyl (C=O) groups is 2. The molecule has 1 aliphatic rings. The molecule has 2 atom stereocenters. The monoisotopic (exact) mass is 289 g/mol. The second-order valence-electron chi connectivity index (χ2n) is 5.67. The van der Waals surface area contributed by atoms with Crippen molar-refractivity contribution < 1.29 is 9.59 Å². The van der Waals surface area contributed by atoms with E-state index in [2.05, 4.69) is 22.5 Å². The normalized spacial score (nSPS) is 21.6. The molecule has 0 aliphatic heterocycles. The minimum absolute atomic E-state index is 0.132. The van der Waals surface area contributed by atoms with Crippen molar-refractivity contribution in [3.8, 4) is 0 Å². The van der Waals surface area contributed by atoms with Gasteiger partial charge in [0.1, 0.15) is 0 Å². The first-order valence-corrected chi connectivity index (χ1v) is 7.65. The van der Waals surface area contributed by atoms with Crippen LogP contribution in [-0.2, 0) is 16.0 Å². The number of aromatic nitrogens is 1. The molecule has 114 valence electrons. The number of nitrogens with one attached hydrogen (secondary N) is 2. The molecule has 1 saturated carbocycles. The van der Waals surface area contributed by atoms with E-state index in [-0.39, 0.29) is 6.04 Å². The number of pyridine rings is 1. The van der Waals surface area contributed by atoms with Crippen molar-refractivity contribution in [3.63, 3.8) is 0 Å².